The number of hydrogen-bond donors (Lipinski definition) is 1. The molecule has 2 aliphatic rings. The number of fused-ring (bicyclic) bond motifs is 3. The standard InChI is InChI=1S/C25H22F2N4O2S/c1-30(2)21-11-20(23-17(13-32)4-3-5-22(23)33-25(26)27)31-19-10-15(6-7-16-12-28-34-14-16)8-9-18(19)29-24(21)31/h3-5,8-10,13-14,20-21,25,28H,11-12H2,1-2H3/t20-,21-/m1/s1. The van der Waals surface area contributed by atoms with Crippen molar-refractivity contribution in [2.45, 2.75) is 25.1 Å². The van der Waals surface area contributed by atoms with E-state index in [1.807, 2.05) is 47.2 Å². The maximum Gasteiger partial charge on any atom is 0.387 e. The van der Waals surface area contributed by atoms with Gasteiger partial charge in [-0.2, -0.15) is 8.78 Å². The number of nitrogens with one attached hydrogen (secondary N) is 1. The van der Waals surface area contributed by atoms with Gasteiger partial charge in [0.2, 0.25) is 0 Å². The molecule has 0 radical (unpaired) electrons. The van der Waals surface area contributed by atoms with Gasteiger partial charge in [0, 0.05) is 28.8 Å². The van der Waals surface area contributed by atoms with Crippen molar-refractivity contribution in [3.63, 3.8) is 0 Å². The molecule has 9 heteroatoms. The van der Waals surface area contributed by atoms with Crippen LogP contribution < -0.4 is 9.46 Å². The van der Waals surface area contributed by atoms with E-state index in [4.69, 9.17) is 9.72 Å². The Morgan fingerprint density at radius 3 is 2.85 bits per heavy atom. The van der Waals surface area contributed by atoms with Gasteiger partial charge in [0.05, 0.1) is 23.1 Å². The molecule has 2 atom stereocenters. The number of carbonyl (C=O) groups excluding carboxylic acids is 1. The van der Waals surface area contributed by atoms with Crippen LogP contribution in [0.2, 0.25) is 0 Å². The fraction of sp³-hybridized carbons (Fsp3) is 0.280. The number of halogens is 2. The smallest absolute Gasteiger partial charge is 0.387 e. The Morgan fingerprint density at radius 2 is 2.15 bits per heavy atom. The predicted molar refractivity (Wildman–Crippen MR) is 128 cm³/mol. The second-order valence-electron chi connectivity index (χ2n) is 8.36. The monoisotopic (exact) mass is 480 g/mol. The third-order valence-electron chi connectivity index (χ3n) is 6.09. The second-order valence-corrected chi connectivity index (χ2v) is 9.12. The summed E-state index contributed by atoms with van der Waals surface area (Å²) in [5, 5.41) is 1.99. The number of aldehydes is 1. The Balaban J connectivity index is 1.67. The molecule has 1 N–H and O–H groups in total. The van der Waals surface area contributed by atoms with Crippen LogP contribution in [-0.4, -0.2) is 48.0 Å². The van der Waals surface area contributed by atoms with Gasteiger partial charge >= 0.3 is 6.61 Å². The minimum atomic E-state index is -3.00. The van der Waals surface area contributed by atoms with Crippen molar-refractivity contribution >= 4 is 29.3 Å². The van der Waals surface area contributed by atoms with Crippen LogP contribution in [0.25, 0.3) is 11.0 Å². The maximum absolute atomic E-state index is 13.2. The van der Waals surface area contributed by atoms with E-state index in [0.717, 1.165) is 34.5 Å². The number of aromatic nitrogens is 2. The number of hydrogen-bond acceptors (Lipinski definition) is 6. The van der Waals surface area contributed by atoms with Gasteiger partial charge < -0.3 is 9.30 Å². The van der Waals surface area contributed by atoms with Gasteiger partial charge in [-0.25, -0.2) is 4.98 Å². The Morgan fingerprint density at radius 1 is 1.29 bits per heavy atom. The van der Waals surface area contributed by atoms with Crippen LogP contribution >= 0.6 is 11.9 Å². The molecule has 0 saturated carbocycles. The largest absolute Gasteiger partial charge is 0.434 e. The number of carbonyl (C=O) groups is 1. The van der Waals surface area contributed by atoms with E-state index in [2.05, 4.69) is 16.6 Å². The lowest BCUT2D eigenvalue weighted by atomic mass is 9.96. The van der Waals surface area contributed by atoms with E-state index in [0.29, 0.717) is 23.8 Å². The zero-order valence-corrected chi connectivity index (χ0v) is 19.4. The van der Waals surface area contributed by atoms with Gasteiger partial charge in [-0.15, -0.1) is 0 Å². The summed E-state index contributed by atoms with van der Waals surface area (Å²) in [5.74, 6) is 7.21. The summed E-state index contributed by atoms with van der Waals surface area (Å²) in [6.07, 6.45) is 1.26. The molecule has 3 aromatic rings. The topological polar surface area (TPSA) is 59.4 Å². The Labute approximate surface area is 200 Å². The van der Waals surface area contributed by atoms with Gasteiger partial charge in [-0.3, -0.25) is 14.4 Å². The SMILES string of the molecule is CN(C)[C@@H]1C[C@H](c2c(C=O)cccc2OC(F)F)n2c1nc1ccc(C#CC3=CSNC3)cc12. The van der Waals surface area contributed by atoms with E-state index in [1.54, 1.807) is 12.1 Å². The molecular weight excluding hydrogens is 458 g/mol. The number of alkyl halides is 2. The van der Waals surface area contributed by atoms with Crippen LogP contribution in [-0.2, 0) is 0 Å². The molecule has 34 heavy (non-hydrogen) atoms. The molecule has 0 aliphatic carbocycles. The number of benzene rings is 2. The molecule has 0 saturated heterocycles. The molecule has 0 fully saturated rings. The molecule has 3 heterocycles. The van der Waals surface area contributed by atoms with Crippen molar-refractivity contribution in [2.75, 3.05) is 20.6 Å². The number of ether oxygens (including phenoxy) is 1. The van der Waals surface area contributed by atoms with E-state index < -0.39 is 12.7 Å². The third-order valence-corrected chi connectivity index (χ3v) is 6.80. The lowest BCUT2D eigenvalue weighted by Crippen LogP contribution is -2.18. The molecule has 0 bridgehead atoms. The zero-order valence-electron chi connectivity index (χ0n) is 18.6. The molecule has 0 amide bonds. The molecule has 1 aromatic heterocycles. The fourth-order valence-corrected chi connectivity index (χ4v) is 5.19. The fourth-order valence-electron chi connectivity index (χ4n) is 4.58. The first kappa shape index (κ1) is 22.6. The highest BCUT2D eigenvalue weighted by atomic mass is 32.2. The van der Waals surface area contributed by atoms with Crippen LogP contribution in [0, 0.1) is 11.8 Å². The summed E-state index contributed by atoms with van der Waals surface area (Å²) >= 11 is 1.52. The van der Waals surface area contributed by atoms with Crippen molar-refractivity contribution in [3.05, 3.63) is 69.9 Å². The number of nitrogens with zero attached hydrogens (tertiary/aromatic N) is 3. The van der Waals surface area contributed by atoms with Crippen LogP contribution in [0.5, 0.6) is 5.75 Å². The highest BCUT2D eigenvalue weighted by Gasteiger charge is 2.38. The zero-order chi connectivity index (χ0) is 23.8. The third kappa shape index (κ3) is 4.09. The Hall–Kier alpha value is -3.19. The minimum absolute atomic E-state index is 0.00548. The van der Waals surface area contributed by atoms with Gasteiger partial charge in [0.25, 0.3) is 0 Å². The molecule has 0 spiro atoms. The van der Waals surface area contributed by atoms with Crippen LogP contribution in [0.4, 0.5) is 8.78 Å². The normalized spacial score (nSPS) is 19.3. The summed E-state index contributed by atoms with van der Waals surface area (Å²) in [5.41, 5.74) is 4.24. The van der Waals surface area contributed by atoms with Gasteiger partial charge in [-0.1, -0.05) is 35.9 Å². The van der Waals surface area contributed by atoms with Crippen molar-refractivity contribution in [2.24, 2.45) is 0 Å². The Kier molecular flexibility index (Phi) is 6.13. The lowest BCUT2D eigenvalue weighted by Gasteiger charge is -2.22. The summed E-state index contributed by atoms with van der Waals surface area (Å²) < 4.78 is 36.5. The first-order chi connectivity index (χ1) is 16.5. The van der Waals surface area contributed by atoms with Crippen molar-refractivity contribution in [1.82, 2.24) is 19.2 Å². The number of imidazole rings is 1. The average molecular weight is 481 g/mol. The highest BCUT2D eigenvalue weighted by Crippen LogP contribution is 2.46. The summed E-state index contributed by atoms with van der Waals surface area (Å²) in [7, 11) is 3.91. The van der Waals surface area contributed by atoms with Gasteiger partial charge in [0.15, 0.2) is 6.29 Å². The van der Waals surface area contributed by atoms with Crippen LogP contribution in [0.15, 0.2) is 47.4 Å². The molecule has 6 nitrogen and oxygen atoms in total. The summed E-state index contributed by atoms with van der Waals surface area (Å²) in [6.45, 7) is -2.27. The van der Waals surface area contributed by atoms with E-state index in [9.17, 15) is 13.6 Å². The molecule has 5 rings (SSSR count). The maximum atomic E-state index is 13.2. The molecule has 2 aromatic carbocycles. The Bertz CT molecular complexity index is 1360. The van der Waals surface area contributed by atoms with E-state index in [1.165, 1.54) is 18.0 Å². The minimum Gasteiger partial charge on any atom is -0.434 e. The van der Waals surface area contributed by atoms with Gasteiger partial charge in [0.1, 0.15) is 11.6 Å². The predicted octanol–water partition coefficient (Wildman–Crippen LogP) is 4.53. The van der Waals surface area contributed by atoms with Gasteiger partial charge in [-0.05, 0) is 50.2 Å². The molecule has 174 valence electrons. The lowest BCUT2D eigenvalue weighted by molar-refractivity contribution is -0.0507. The number of rotatable bonds is 5. The summed E-state index contributed by atoms with van der Waals surface area (Å²) in [6, 6.07) is 10.0. The first-order valence-electron chi connectivity index (χ1n) is 10.8. The van der Waals surface area contributed by atoms with E-state index >= 15 is 0 Å². The van der Waals surface area contributed by atoms with Crippen molar-refractivity contribution in [1.29, 1.82) is 0 Å². The second kappa shape index (κ2) is 9.22. The summed E-state index contributed by atoms with van der Waals surface area (Å²) in [4.78, 5) is 18.8. The molecular formula is C25H22F2N4O2S. The molecule has 0 unspecified atom stereocenters. The van der Waals surface area contributed by atoms with E-state index in [-0.39, 0.29) is 11.8 Å². The van der Waals surface area contributed by atoms with Crippen LogP contribution in [0.3, 0.4) is 0 Å². The highest BCUT2D eigenvalue weighted by molar-refractivity contribution is 8.00. The average Bonchev–Trinajstić information content (AvgIpc) is 3.53. The van der Waals surface area contributed by atoms with Crippen molar-refractivity contribution in [3.8, 4) is 17.6 Å². The molecule has 2 aliphatic heterocycles. The first-order valence-corrected chi connectivity index (χ1v) is 11.6. The van der Waals surface area contributed by atoms with Crippen molar-refractivity contribution < 1.29 is 18.3 Å². The quantitative estimate of drug-likeness (QED) is 0.329. The van der Waals surface area contributed by atoms with Crippen LogP contribution in [0.1, 0.15) is 45.8 Å².